The first-order valence-electron chi connectivity index (χ1n) is 6.23. The number of aliphatic carboxylic acids is 1. The van der Waals surface area contributed by atoms with E-state index in [-0.39, 0.29) is 5.91 Å². The molecule has 2 rings (SSSR count). The number of benzene rings is 1. The highest BCUT2D eigenvalue weighted by Crippen LogP contribution is 2.17. The van der Waals surface area contributed by atoms with Crippen LogP contribution in [0.25, 0.3) is 10.9 Å². The van der Waals surface area contributed by atoms with Crippen molar-refractivity contribution in [1.82, 2.24) is 10.3 Å². The molecule has 0 saturated carbocycles. The lowest BCUT2D eigenvalue weighted by Gasteiger charge is -2.12. The molecular weight excluding hydrogens is 244 g/mol. The molecule has 0 aliphatic heterocycles. The summed E-state index contributed by atoms with van der Waals surface area (Å²) in [5, 5.41) is 12.4. The lowest BCUT2D eigenvalue weighted by atomic mass is 10.1. The summed E-state index contributed by atoms with van der Waals surface area (Å²) in [4.78, 5) is 26.1. The maximum absolute atomic E-state index is 12.1. The minimum Gasteiger partial charge on any atom is -0.480 e. The Morgan fingerprint density at radius 1 is 1.37 bits per heavy atom. The van der Waals surface area contributed by atoms with E-state index >= 15 is 0 Å². The third kappa shape index (κ3) is 2.76. The number of amides is 1. The van der Waals surface area contributed by atoms with E-state index in [0.717, 1.165) is 10.9 Å². The molecule has 19 heavy (non-hydrogen) atoms. The number of nitrogens with one attached hydrogen (secondary N) is 2. The van der Waals surface area contributed by atoms with Crippen LogP contribution >= 0.6 is 0 Å². The maximum atomic E-state index is 12.1. The van der Waals surface area contributed by atoms with Crippen LogP contribution in [-0.2, 0) is 4.79 Å². The van der Waals surface area contributed by atoms with E-state index in [4.69, 9.17) is 5.11 Å². The highest BCUT2D eigenvalue weighted by Gasteiger charge is 2.21. The third-order valence-corrected chi connectivity index (χ3v) is 3.01. The van der Waals surface area contributed by atoms with Gasteiger partial charge in [-0.25, -0.2) is 4.79 Å². The molecule has 0 radical (unpaired) electrons. The average Bonchev–Trinajstić information content (AvgIpc) is 2.81. The Morgan fingerprint density at radius 2 is 2.11 bits per heavy atom. The number of H-pyrrole nitrogens is 1. The lowest BCUT2D eigenvalue weighted by Crippen LogP contribution is -2.40. The van der Waals surface area contributed by atoms with Crippen molar-refractivity contribution in [1.29, 1.82) is 0 Å². The van der Waals surface area contributed by atoms with Crippen LogP contribution in [-0.4, -0.2) is 28.0 Å². The molecule has 1 amide bonds. The van der Waals surface area contributed by atoms with Gasteiger partial charge in [0.25, 0.3) is 5.91 Å². The van der Waals surface area contributed by atoms with Gasteiger partial charge in [-0.15, -0.1) is 0 Å². The first-order valence-corrected chi connectivity index (χ1v) is 6.23. The standard InChI is InChI=1S/C14H16N2O3/c1-2-5-12(14(18)19)16-13(17)10-8-15-11-7-4-3-6-9(10)11/h3-4,6-8,12,15H,2,5H2,1H3,(H,16,17)(H,18,19)/t12-/m1/s1. The Labute approximate surface area is 110 Å². The summed E-state index contributed by atoms with van der Waals surface area (Å²) < 4.78 is 0. The van der Waals surface area contributed by atoms with Gasteiger partial charge in [0, 0.05) is 17.1 Å². The second kappa shape index (κ2) is 5.56. The van der Waals surface area contributed by atoms with Crippen molar-refractivity contribution in [2.45, 2.75) is 25.8 Å². The Balaban J connectivity index is 2.22. The average molecular weight is 260 g/mol. The zero-order valence-electron chi connectivity index (χ0n) is 10.6. The van der Waals surface area contributed by atoms with Crippen LogP contribution in [0.3, 0.4) is 0 Å². The van der Waals surface area contributed by atoms with E-state index in [1.165, 1.54) is 0 Å². The van der Waals surface area contributed by atoms with Crippen LogP contribution in [0.4, 0.5) is 0 Å². The SMILES string of the molecule is CCC[C@@H](NC(=O)c1c[nH]c2ccccc12)C(=O)O. The Bertz CT molecular complexity index is 604. The molecule has 0 aliphatic carbocycles. The molecule has 0 bridgehead atoms. The van der Waals surface area contributed by atoms with E-state index in [1.54, 1.807) is 6.20 Å². The summed E-state index contributed by atoms with van der Waals surface area (Å²) >= 11 is 0. The summed E-state index contributed by atoms with van der Waals surface area (Å²) in [5.74, 6) is -1.37. The maximum Gasteiger partial charge on any atom is 0.326 e. The van der Waals surface area contributed by atoms with Crippen LogP contribution in [0.2, 0.25) is 0 Å². The van der Waals surface area contributed by atoms with Crippen LogP contribution < -0.4 is 5.32 Å². The predicted octanol–water partition coefficient (Wildman–Crippen LogP) is 2.15. The van der Waals surface area contributed by atoms with Crippen molar-refractivity contribution in [2.24, 2.45) is 0 Å². The lowest BCUT2D eigenvalue weighted by molar-refractivity contribution is -0.139. The summed E-state index contributed by atoms with van der Waals surface area (Å²) in [6, 6.07) is 6.57. The van der Waals surface area contributed by atoms with Gasteiger partial charge in [-0.1, -0.05) is 31.5 Å². The number of aromatic nitrogens is 1. The van der Waals surface area contributed by atoms with Crippen LogP contribution in [0.5, 0.6) is 0 Å². The molecule has 5 heteroatoms. The van der Waals surface area contributed by atoms with E-state index in [1.807, 2.05) is 31.2 Å². The topological polar surface area (TPSA) is 82.2 Å². The smallest absolute Gasteiger partial charge is 0.326 e. The number of fused-ring (bicyclic) bond motifs is 1. The zero-order valence-corrected chi connectivity index (χ0v) is 10.6. The molecular formula is C14H16N2O3. The molecule has 0 spiro atoms. The molecule has 0 fully saturated rings. The number of carboxylic acid groups (broad SMARTS) is 1. The molecule has 1 atom stereocenters. The fourth-order valence-electron chi connectivity index (χ4n) is 2.04. The molecule has 3 N–H and O–H groups in total. The number of para-hydroxylation sites is 1. The number of hydrogen-bond acceptors (Lipinski definition) is 2. The number of carboxylic acids is 1. The van der Waals surface area contributed by atoms with Crippen molar-refractivity contribution in [3.8, 4) is 0 Å². The predicted molar refractivity (Wildman–Crippen MR) is 72.1 cm³/mol. The quantitative estimate of drug-likeness (QED) is 0.770. The second-order valence-corrected chi connectivity index (χ2v) is 4.40. The van der Waals surface area contributed by atoms with Crippen molar-refractivity contribution in [3.63, 3.8) is 0 Å². The van der Waals surface area contributed by atoms with Gasteiger partial charge in [0.15, 0.2) is 0 Å². The highest BCUT2D eigenvalue weighted by atomic mass is 16.4. The Kier molecular flexibility index (Phi) is 3.85. The number of rotatable bonds is 5. The summed E-state index contributed by atoms with van der Waals surface area (Å²) in [6.07, 6.45) is 2.72. The van der Waals surface area contributed by atoms with Crippen molar-refractivity contribution >= 4 is 22.8 Å². The first kappa shape index (κ1) is 13.1. The summed E-state index contributed by atoms with van der Waals surface area (Å²) in [5.41, 5.74) is 1.33. The largest absolute Gasteiger partial charge is 0.480 e. The molecule has 1 heterocycles. The number of carbonyl (C=O) groups is 2. The van der Waals surface area contributed by atoms with Gasteiger partial charge in [-0.05, 0) is 12.5 Å². The molecule has 0 unspecified atom stereocenters. The van der Waals surface area contributed by atoms with E-state index in [2.05, 4.69) is 10.3 Å². The molecule has 0 aliphatic rings. The first-order chi connectivity index (χ1) is 9.13. The van der Waals surface area contributed by atoms with Crippen LogP contribution in [0.1, 0.15) is 30.1 Å². The molecule has 1 aromatic heterocycles. The minimum atomic E-state index is -1.00. The van der Waals surface area contributed by atoms with Crippen molar-refractivity contribution < 1.29 is 14.7 Å². The van der Waals surface area contributed by atoms with Gasteiger partial charge in [0.1, 0.15) is 6.04 Å². The fourth-order valence-corrected chi connectivity index (χ4v) is 2.04. The molecule has 1 aromatic carbocycles. The Morgan fingerprint density at radius 3 is 2.79 bits per heavy atom. The number of hydrogen-bond donors (Lipinski definition) is 3. The number of carbonyl (C=O) groups excluding carboxylic acids is 1. The molecule has 5 nitrogen and oxygen atoms in total. The van der Waals surface area contributed by atoms with E-state index in [0.29, 0.717) is 18.4 Å². The van der Waals surface area contributed by atoms with Crippen molar-refractivity contribution in [2.75, 3.05) is 0 Å². The number of aromatic amines is 1. The second-order valence-electron chi connectivity index (χ2n) is 4.40. The minimum absolute atomic E-state index is 0.363. The Hall–Kier alpha value is -2.30. The van der Waals surface area contributed by atoms with Gasteiger partial charge >= 0.3 is 5.97 Å². The third-order valence-electron chi connectivity index (χ3n) is 3.01. The molecule has 0 saturated heterocycles. The van der Waals surface area contributed by atoms with E-state index < -0.39 is 12.0 Å². The van der Waals surface area contributed by atoms with Crippen molar-refractivity contribution in [3.05, 3.63) is 36.0 Å². The summed E-state index contributed by atoms with van der Waals surface area (Å²) in [7, 11) is 0. The van der Waals surface area contributed by atoms with Crippen LogP contribution in [0.15, 0.2) is 30.5 Å². The monoisotopic (exact) mass is 260 g/mol. The van der Waals surface area contributed by atoms with Crippen LogP contribution in [0, 0.1) is 0 Å². The van der Waals surface area contributed by atoms with Gasteiger partial charge in [0.05, 0.1) is 5.56 Å². The fraction of sp³-hybridized carbons (Fsp3) is 0.286. The normalized spacial score (nSPS) is 12.3. The summed E-state index contributed by atoms with van der Waals surface area (Å²) in [6.45, 7) is 1.88. The molecule has 100 valence electrons. The van der Waals surface area contributed by atoms with Gasteiger partial charge in [-0.2, -0.15) is 0 Å². The van der Waals surface area contributed by atoms with Gasteiger partial charge in [0.2, 0.25) is 0 Å². The molecule has 2 aromatic rings. The highest BCUT2D eigenvalue weighted by molar-refractivity contribution is 6.07. The van der Waals surface area contributed by atoms with E-state index in [9.17, 15) is 9.59 Å². The van der Waals surface area contributed by atoms with Gasteiger partial charge < -0.3 is 15.4 Å². The van der Waals surface area contributed by atoms with Gasteiger partial charge in [-0.3, -0.25) is 4.79 Å². The zero-order chi connectivity index (χ0) is 13.8.